The van der Waals surface area contributed by atoms with Crippen LogP contribution in [0.2, 0.25) is 0 Å². The number of benzene rings is 1. The van der Waals surface area contributed by atoms with Crippen molar-refractivity contribution in [2.45, 2.75) is 25.7 Å². The molecule has 2 aliphatic rings. The van der Waals surface area contributed by atoms with Gasteiger partial charge in [0, 0.05) is 4.88 Å². The van der Waals surface area contributed by atoms with Crippen molar-refractivity contribution in [1.29, 1.82) is 0 Å². The maximum atomic E-state index is 12.8. The van der Waals surface area contributed by atoms with E-state index < -0.39 is 5.91 Å². The molecule has 6 nitrogen and oxygen atoms in total. The number of carbonyl (C=O) groups is 3. The number of hydrogen-bond acceptors (Lipinski definition) is 5. The second-order valence-electron chi connectivity index (χ2n) is 6.99. The minimum Gasteiger partial charge on any atom is -0.365 e. The van der Waals surface area contributed by atoms with Crippen LogP contribution >= 0.6 is 23.1 Å². The second-order valence-corrected chi connectivity index (χ2v) is 8.95. The molecule has 1 aliphatic carbocycles. The van der Waals surface area contributed by atoms with Gasteiger partial charge in [0.05, 0.1) is 17.0 Å². The van der Waals surface area contributed by atoms with Gasteiger partial charge in [-0.25, -0.2) is 0 Å². The molecular weight excluding hydrogens is 406 g/mol. The third-order valence-electron chi connectivity index (χ3n) is 5.04. The highest BCUT2D eigenvalue weighted by atomic mass is 32.2. The van der Waals surface area contributed by atoms with Gasteiger partial charge in [-0.2, -0.15) is 0 Å². The Bertz CT molecular complexity index is 998. The summed E-state index contributed by atoms with van der Waals surface area (Å²) in [6.45, 7) is -0.110. The van der Waals surface area contributed by atoms with Gasteiger partial charge < -0.3 is 16.0 Å². The molecule has 0 saturated heterocycles. The molecule has 8 heteroatoms. The van der Waals surface area contributed by atoms with Crippen LogP contribution in [-0.4, -0.2) is 34.9 Å². The zero-order valence-corrected chi connectivity index (χ0v) is 17.4. The fourth-order valence-corrected chi connectivity index (χ4v) is 5.81. The van der Waals surface area contributed by atoms with Gasteiger partial charge in [-0.1, -0.05) is 30.3 Å². The van der Waals surface area contributed by atoms with E-state index in [-0.39, 0.29) is 18.4 Å². The van der Waals surface area contributed by atoms with Crippen LogP contribution < -0.4 is 11.1 Å². The lowest BCUT2D eigenvalue weighted by Gasteiger charge is -2.28. The highest BCUT2D eigenvalue weighted by Gasteiger charge is 2.28. The van der Waals surface area contributed by atoms with Crippen LogP contribution in [0.4, 0.5) is 5.00 Å². The van der Waals surface area contributed by atoms with Crippen molar-refractivity contribution >= 4 is 51.5 Å². The summed E-state index contributed by atoms with van der Waals surface area (Å²) in [5.41, 5.74) is 8.59. The quantitative estimate of drug-likeness (QED) is 0.766. The molecule has 4 rings (SSSR count). The van der Waals surface area contributed by atoms with Gasteiger partial charge in [-0.15, -0.1) is 23.1 Å². The SMILES string of the molecule is NC(=O)c1c(NC(=O)CN2C(=O)CSC=C2c2ccccc2)sc2c1CCCC2. The Morgan fingerprint density at radius 3 is 2.66 bits per heavy atom. The molecule has 2 aromatic rings. The number of primary amides is 1. The van der Waals surface area contributed by atoms with E-state index in [0.717, 1.165) is 41.7 Å². The van der Waals surface area contributed by atoms with Gasteiger partial charge in [0.25, 0.3) is 5.91 Å². The molecule has 29 heavy (non-hydrogen) atoms. The van der Waals surface area contributed by atoms with Crippen molar-refractivity contribution in [1.82, 2.24) is 4.90 Å². The summed E-state index contributed by atoms with van der Waals surface area (Å²) < 4.78 is 0. The monoisotopic (exact) mass is 427 g/mol. The van der Waals surface area contributed by atoms with Crippen LogP contribution in [0, 0.1) is 0 Å². The molecular formula is C21H21N3O3S2. The molecule has 0 spiro atoms. The third kappa shape index (κ3) is 4.09. The molecule has 3 N–H and O–H groups in total. The average Bonchev–Trinajstić information content (AvgIpc) is 3.08. The van der Waals surface area contributed by atoms with Crippen LogP contribution in [0.1, 0.15) is 39.2 Å². The van der Waals surface area contributed by atoms with E-state index in [0.29, 0.717) is 22.0 Å². The zero-order chi connectivity index (χ0) is 20.4. The Morgan fingerprint density at radius 2 is 1.90 bits per heavy atom. The first-order valence-electron chi connectivity index (χ1n) is 9.46. The van der Waals surface area contributed by atoms with Crippen molar-refractivity contribution in [3.63, 3.8) is 0 Å². The summed E-state index contributed by atoms with van der Waals surface area (Å²) in [6, 6.07) is 9.52. The maximum Gasteiger partial charge on any atom is 0.251 e. The number of anilines is 1. The summed E-state index contributed by atoms with van der Waals surface area (Å²) in [6.07, 6.45) is 3.80. The number of thioether (sulfide) groups is 1. The van der Waals surface area contributed by atoms with E-state index in [1.54, 1.807) is 0 Å². The molecule has 0 bridgehead atoms. The molecule has 0 radical (unpaired) electrons. The van der Waals surface area contributed by atoms with Crippen molar-refractivity contribution < 1.29 is 14.4 Å². The van der Waals surface area contributed by atoms with Crippen molar-refractivity contribution in [2.24, 2.45) is 5.73 Å². The molecule has 1 aliphatic heterocycles. The number of thiophene rings is 1. The van der Waals surface area contributed by atoms with Crippen LogP contribution in [0.25, 0.3) is 5.70 Å². The number of nitrogens with zero attached hydrogens (tertiary/aromatic N) is 1. The lowest BCUT2D eigenvalue weighted by atomic mass is 9.95. The fourth-order valence-electron chi connectivity index (χ4n) is 3.70. The van der Waals surface area contributed by atoms with Crippen molar-refractivity contribution in [3.05, 3.63) is 57.3 Å². The standard InChI is InChI=1S/C21H21N3O3S2/c22-20(27)19-14-8-4-5-9-16(14)29-21(19)23-17(25)10-24-15(11-28-12-18(24)26)13-6-2-1-3-7-13/h1-3,6-7,11H,4-5,8-10,12H2,(H2,22,27)(H,23,25). The summed E-state index contributed by atoms with van der Waals surface area (Å²) in [4.78, 5) is 40.0. The highest BCUT2D eigenvalue weighted by Crippen LogP contribution is 2.38. The lowest BCUT2D eigenvalue weighted by Crippen LogP contribution is -2.39. The Morgan fingerprint density at radius 1 is 1.14 bits per heavy atom. The minimum absolute atomic E-state index is 0.110. The van der Waals surface area contributed by atoms with E-state index in [1.165, 1.54) is 28.0 Å². The average molecular weight is 428 g/mol. The predicted octanol–water partition coefficient (Wildman–Crippen LogP) is 3.24. The number of hydrogen-bond donors (Lipinski definition) is 2. The summed E-state index contributed by atoms with van der Waals surface area (Å²) in [5, 5.41) is 5.24. The van der Waals surface area contributed by atoms with E-state index in [1.807, 2.05) is 35.7 Å². The zero-order valence-electron chi connectivity index (χ0n) is 15.8. The molecule has 0 atom stereocenters. The Kier molecular flexibility index (Phi) is 5.73. The number of nitrogens with one attached hydrogen (secondary N) is 1. The smallest absolute Gasteiger partial charge is 0.251 e. The van der Waals surface area contributed by atoms with Crippen LogP contribution in [0.5, 0.6) is 0 Å². The molecule has 1 aromatic heterocycles. The highest BCUT2D eigenvalue weighted by molar-refractivity contribution is 8.03. The van der Waals surface area contributed by atoms with Gasteiger partial charge in [-0.3, -0.25) is 14.4 Å². The summed E-state index contributed by atoms with van der Waals surface area (Å²) >= 11 is 2.84. The third-order valence-corrected chi connectivity index (χ3v) is 7.05. The number of nitrogens with two attached hydrogens (primary N) is 1. The molecule has 2 heterocycles. The van der Waals surface area contributed by atoms with E-state index in [4.69, 9.17) is 5.73 Å². The second kappa shape index (κ2) is 8.42. The van der Waals surface area contributed by atoms with Gasteiger partial charge in [0.1, 0.15) is 11.5 Å². The summed E-state index contributed by atoms with van der Waals surface area (Å²) in [5.74, 6) is -0.681. The van der Waals surface area contributed by atoms with Gasteiger partial charge in [0.15, 0.2) is 0 Å². The normalized spacial score (nSPS) is 16.2. The first-order chi connectivity index (χ1) is 14.0. The summed E-state index contributed by atoms with van der Waals surface area (Å²) in [7, 11) is 0. The minimum atomic E-state index is -0.519. The molecule has 0 unspecified atom stereocenters. The van der Waals surface area contributed by atoms with Crippen molar-refractivity contribution in [3.8, 4) is 0 Å². The molecule has 0 fully saturated rings. The largest absolute Gasteiger partial charge is 0.365 e. The predicted molar refractivity (Wildman–Crippen MR) is 117 cm³/mol. The van der Waals surface area contributed by atoms with Gasteiger partial charge in [-0.05, 0) is 42.2 Å². The van der Waals surface area contributed by atoms with Crippen LogP contribution in [-0.2, 0) is 22.4 Å². The Hall–Kier alpha value is -2.58. The molecule has 150 valence electrons. The lowest BCUT2D eigenvalue weighted by molar-refractivity contribution is -0.129. The van der Waals surface area contributed by atoms with E-state index >= 15 is 0 Å². The number of carbonyl (C=O) groups excluding carboxylic acids is 3. The van der Waals surface area contributed by atoms with Crippen molar-refractivity contribution in [2.75, 3.05) is 17.6 Å². The van der Waals surface area contributed by atoms with E-state index in [2.05, 4.69) is 5.32 Å². The Labute approximate surface area is 177 Å². The number of aryl methyl sites for hydroxylation is 1. The molecule has 3 amide bonds. The first-order valence-corrected chi connectivity index (χ1v) is 11.3. The Balaban J connectivity index is 1.56. The van der Waals surface area contributed by atoms with Crippen LogP contribution in [0.3, 0.4) is 0 Å². The van der Waals surface area contributed by atoms with Gasteiger partial charge in [0.2, 0.25) is 11.8 Å². The topological polar surface area (TPSA) is 92.5 Å². The molecule has 1 aromatic carbocycles. The maximum absolute atomic E-state index is 12.8. The number of amides is 3. The fraction of sp³-hybridized carbons (Fsp3) is 0.286. The number of fused-ring (bicyclic) bond motifs is 1. The van der Waals surface area contributed by atoms with Gasteiger partial charge >= 0.3 is 0 Å². The molecule has 0 saturated carbocycles. The van der Waals surface area contributed by atoms with E-state index in [9.17, 15) is 14.4 Å². The first kappa shape index (κ1) is 19.7. The van der Waals surface area contributed by atoms with Crippen LogP contribution in [0.15, 0.2) is 35.7 Å². The number of rotatable bonds is 5.